The van der Waals surface area contributed by atoms with Gasteiger partial charge in [-0.15, -0.1) is 0 Å². The highest BCUT2D eigenvalue weighted by Crippen LogP contribution is 2.30. The highest BCUT2D eigenvalue weighted by molar-refractivity contribution is 6.06. The van der Waals surface area contributed by atoms with Gasteiger partial charge in [0.15, 0.2) is 0 Å². The number of nitrogens with zero attached hydrogens (tertiary/aromatic N) is 1. The van der Waals surface area contributed by atoms with Crippen molar-refractivity contribution in [3.8, 4) is 22.6 Å². The van der Waals surface area contributed by atoms with Crippen LogP contribution < -0.4 is 14.8 Å². The number of carboxylic acid groups (broad SMARTS) is 1. The minimum Gasteiger partial charge on any atom is -0.497 e. The zero-order valence-electron chi connectivity index (χ0n) is 24.7. The number of carboxylic acids is 1. The first-order valence-electron chi connectivity index (χ1n) is 14.2. The van der Waals surface area contributed by atoms with Gasteiger partial charge in [-0.1, -0.05) is 66.7 Å². The van der Waals surface area contributed by atoms with E-state index in [4.69, 9.17) is 9.47 Å². The van der Waals surface area contributed by atoms with Gasteiger partial charge in [0.05, 0.1) is 33.3 Å². The van der Waals surface area contributed by atoms with Crippen LogP contribution in [0.15, 0.2) is 97.1 Å². The van der Waals surface area contributed by atoms with Crippen LogP contribution >= 0.6 is 0 Å². The van der Waals surface area contributed by atoms with E-state index in [1.54, 1.807) is 74.9 Å². The minimum absolute atomic E-state index is 0.00776. The van der Waals surface area contributed by atoms with Crippen LogP contribution in [-0.4, -0.2) is 66.8 Å². The van der Waals surface area contributed by atoms with Crippen LogP contribution in [0.1, 0.15) is 44.3 Å². The average molecular weight is 597 g/mol. The summed E-state index contributed by atoms with van der Waals surface area (Å²) in [5.74, 6) is -0.516. The minimum atomic E-state index is -1.02. The predicted octanol–water partition coefficient (Wildman–Crippen LogP) is 4.99. The Bertz CT molecular complexity index is 1590. The maximum atomic E-state index is 14.1. The quantitative estimate of drug-likeness (QED) is 0.187. The number of amides is 2. The number of nitrogens with one attached hydrogen (secondary N) is 1. The van der Waals surface area contributed by atoms with E-state index < -0.39 is 17.9 Å². The molecule has 228 valence electrons. The van der Waals surface area contributed by atoms with Gasteiger partial charge in [0.2, 0.25) is 0 Å². The SMILES string of the molecule is COc1ccc(OC)c(CCN(CCC(=O)O)C(=O)c2ccccc2-c2ccccc2C(=O)N[C@H](CO)c2ccccc2)c1. The Kier molecular flexibility index (Phi) is 11.1. The van der Waals surface area contributed by atoms with Crippen molar-refractivity contribution < 1.29 is 34.1 Å². The molecule has 0 unspecified atom stereocenters. The zero-order valence-corrected chi connectivity index (χ0v) is 24.7. The van der Waals surface area contributed by atoms with Gasteiger partial charge in [-0.3, -0.25) is 14.4 Å². The van der Waals surface area contributed by atoms with Crippen LogP contribution in [0.3, 0.4) is 0 Å². The summed E-state index contributed by atoms with van der Waals surface area (Å²) in [6.07, 6.45) is 0.166. The van der Waals surface area contributed by atoms with E-state index in [0.29, 0.717) is 40.2 Å². The van der Waals surface area contributed by atoms with Gasteiger partial charge in [-0.25, -0.2) is 0 Å². The van der Waals surface area contributed by atoms with Gasteiger partial charge >= 0.3 is 5.97 Å². The van der Waals surface area contributed by atoms with E-state index in [1.807, 2.05) is 36.4 Å². The lowest BCUT2D eigenvalue weighted by Gasteiger charge is -2.24. The molecule has 4 rings (SSSR count). The van der Waals surface area contributed by atoms with E-state index in [9.17, 15) is 24.6 Å². The van der Waals surface area contributed by atoms with Crippen LogP contribution in [0, 0.1) is 0 Å². The monoisotopic (exact) mass is 596 g/mol. The Morgan fingerprint density at radius 1 is 0.795 bits per heavy atom. The number of benzene rings is 4. The van der Waals surface area contributed by atoms with Crippen LogP contribution in [-0.2, 0) is 11.2 Å². The lowest BCUT2D eigenvalue weighted by molar-refractivity contribution is -0.137. The molecule has 9 nitrogen and oxygen atoms in total. The van der Waals surface area contributed by atoms with E-state index in [1.165, 1.54) is 4.90 Å². The van der Waals surface area contributed by atoms with Crippen molar-refractivity contribution in [2.24, 2.45) is 0 Å². The molecule has 3 N–H and O–H groups in total. The fourth-order valence-electron chi connectivity index (χ4n) is 5.02. The smallest absolute Gasteiger partial charge is 0.305 e. The number of carbonyl (C=O) groups is 3. The highest BCUT2D eigenvalue weighted by Gasteiger charge is 2.24. The molecule has 0 aliphatic carbocycles. The molecule has 4 aromatic carbocycles. The molecule has 2 amide bonds. The summed E-state index contributed by atoms with van der Waals surface area (Å²) in [5, 5.41) is 22.3. The summed E-state index contributed by atoms with van der Waals surface area (Å²) in [7, 11) is 3.13. The van der Waals surface area contributed by atoms with E-state index >= 15 is 0 Å². The molecule has 0 saturated carbocycles. The Morgan fingerprint density at radius 3 is 2.07 bits per heavy atom. The molecule has 0 bridgehead atoms. The second-order valence-corrected chi connectivity index (χ2v) is 10.1. The second-order valence-electron chi connectivity index (χ2n) is 10.1. The first kappa shape index (κ1) is 31.8. The number of aliphatic hydroxyl groups excluding tert-OH is 1. The van der Waals surface area contributed by atoms with Crippen molar-refractivity contribution >= 4 is 17.8 Å². The summed E-state index contributed by atoms with van der Waals surface area (Å²) in [6, 6.07) is 27.9. The van der Waals surface area contributed by atoms with E-state index in [2.05, 4.69) is 5.32 Å². The molecule has 0 heterocycles. The number of methoxy groups -OCH3 is 2. The summed E-state index contributed by atoms with van der Waals surface area (Å²) in [4.78, 5) is 40.6. The van der Waals surface area contributed by atoms with Crippen molar-refractivity contribution in [2.75, 3.05) is 33.9 Å². The third-order valence-corrected chi connectivity index (χ3v) is 7.33. The fourth-order valence-corrected chi connectivity index (χ4v) is 5.02. The summed E-state index contributed by atoms with van der Waals surface area (Å²) < 4.78 is 10.8. The molecule has 1 atom stereocenters. The molecule has 0 spiro atoms. The molecule has 0 aliphatic heterocycles. The number of aliphatic hydroxyl groups is 1. The second kappa shape index (κ2) is 15.4. The molecule has 9 heteroatoms. The van der Waals surface area contributed by atoms with Gasteiger partial charge < -0.3 is 29.9 Å². The van der Waals surface area contributed by atoms with E-state index in [0.717, 1.165) is 11.1 Å². The highest BCUT2D eigenvalue weighted by atomic mass is 16.5. The summed E-state index contributed by atoms with van der Waals surface area (Å²) in [6.45, 7) is -0.0723. The van der Waals surface area contributed by atoms with Crippen molar-refractivity contribution in [3.05, 3.63) is 119 Å². The van der Waals surface area contributed by atoms with Gasteiger partial charge in [0.1, 0.15) is 11.5 Å². The fraction of sp³-hybridized carbons (Fsp3) is 0.229. The third kappa shape index (κ3) is 7.81. The van der Waals surface area contributed by atoms with Crippen LogP contribution in [0.4, 0.5) is 0 Å². The number of rotatable bonds is 14. The molecule has 0 aromatic heterocycles. The van der Waals surface area contributed by atoms with Gasteiger partial charge in [-0.2, -0.15) is 0 Å². The van der Waals surface area contributed by atoms with E-state index in [-0.39, 0.29) is 32.0 Å². The summed E-state index contributed by atoms with van der Waals surface area (Å²) >= 11 is 0. The van der Waals surface area contributed by atoms with Crippen molar-refractivity contribution in [3.63, 3.8) is 0 Å². The lowest BCUT2D eigenvalue weighted by atomic mass is 9.94. The maximum absolute atomic E-state index is 14.1. The molecule has 4 aromatic rings. The van der Waals surface area contributed by atoms with Crippen molar-refractivity contribution in [2.45, 2.75) is 18.9 Å². The molecular formula is C35H36N2O7. The molecule has 44 heavy (non-hydrogen) atoms. The number of aliphatic carboxylic acids is 1. The number of hydrogen-bond acceptors (Lipinski definition) is 6. The topological polar surface area (TPSA) is 125 Å². The van der Waals surface area contributed by atoms with Crippen molar-refractivity contribution in [1.82, 2.24) is 10.2 Å². The number of hydrogen-bond donors (Lipinski definition) is 3. The largest absolute Gasteiger partial charge is 0.497 e. The molecule has 0 fully saturated rings. The average Bonchev–Trinajstić information content (AvgIpc) is 3.07. The first-order valence-corrected chi connectivity index (χ1v) is 14.2. The number of carbonyl (C=O) groups excluding carboxylic acids is 2. The van der Waals surface area contributed by atoms with Crippen LogP contribution in [0.2, 0.25) is 0 Å². The van der Waals surface area contributed by atoms with Crippen LogP contribution in [0.5, 0.6) is 11.5 Å². The Labute approximate surface area is 256 Å². The van der Waals surface area contributed by atoms with Gasteiger partial charge in [0, 0.05) is 24.2 Å². The Balaban J connectivity index is 1.65. The van der Waals surface area contributed by atoms with Gasteiger partial charge in [0.25, 0.3) is 11.8 Å². The number of ether oxygens (including phenoxy) is 2. The Hall–Kier alpha value is -5.15. The molecule has 0 radical (unpaired) electrons. The van der Waals surface area contributed by atoms with Gasteiger partial charge in [-0.05, 0) is 59.0 Å². The predicted molar refractivity (Wildman–Crippen MR) is 167 cm³/mol. The normalized spacial score (nSPS) is 11.3. The molecular weight excluding hydrogens is 560 g/mol. The van der Waals surface area contributed by atoms with Crippen molar-refractivity contribution in [1.29, 1.82) is 0 Å². The third-order valence-electron chi connectivity index (χ3n) is 7.33. The molecule has 0 saturated heterocycles. The summed E-state index contributed by atoms with van der Waals surface area (Å²) in [5.41, 5.74) is 3.30. The zero-order chi connectivity index (χ0) is 31.5. The standard InChI is InChI=1S/C35H36N2O7/c1-43-26-16-17-32(44-2)25(22-26)18-20-37(21-19-33(39)40)35(42)30-15-9-7-13-28(30)27-12-6-8-14-29(27)34(41)36-31(23-38)24-10-4-3-5-11-24/h3-17,22,31,38H,18-21,23H2,1-2H3,(H,36,41)(H,39,40)/t31-/m1/s1. The Morgan fingerprint density at radius 2 is 1.43 bits per heavy atom. The van der Waals surface area contributed by atoms with Crippen LogP contribution in [0.25, 0.3) is 11.1 Å². The molecule has 0 aliphatic rings. The first-order chi connectivity index (χ1) is 21.4. The lowest BCUT2D eigenvalue weighted by Crippen LogP contribution is -2.35. The maximum Gasteiger partial charge on any atom is 0.305 e.